The summed E-state index contributed by atoms with van der Waals surface area (Å²) >= 11 is 0. The van der Waals surface area contributed by atoms with Gasteiger partial charge in [-0.1, -0.05) is 6.07 Å². The van der Waals surface area contributed by atoms with Crippen LogP contribution in [-0.4, -0.2) is 185 Å². The first-order valence-electron chi connectivity index (χ1n) is 38.9. The standard InChI is InChI=1S/C16H16F3NO4.C16H15F2NO4.C15H16F2O5.C14H11F2NO4.C12H12F2O4.C8H6F2O3.C8H8F2O/c1-3-24-16(22)9(7-20-12-6-11(12)18)14(21)8-4-5-10(17)15(23-2)13(8)19;1-3-23-16(21)9-7-19(12-6-11(12)18)13-8(14(9)20)4-5-10(17)15(13)22-2;1-4-21-8-10(15(19)22-5-2)13(18)9-6-7-11(16)14(20-3)12(9)17;1-21-13-8(15)3-2-6-11(13)17(10-4-9(10)16)5-7(12(6)18)14(19)20;1-3-18-10(16)6-9(15)7-4-5-8(13)12(17-2)11(7)14;1-13-7-5(9)3-2-4(6(7)10)8(11)12;1-5-3-4-6(9)8(11-2)7(5)10/h4-5,7,11-12,21H,3,6H2,1-2H3;4-5,7,11-12H,3,6H2,1-2H3;6-8H,4-5H2,1-3H3;2-3,5,9-10H,4H2,1H3,(H,19,20);4-5H,3,6H2,1-2H3;2-3H,1H3,(H,11,12);3-4H,1-2H3/t2*11-,12+;;9-,10+;;;/m00.0.../s1. The molecule has 0 unspecified atom stereocenters. The Bertz CT molecular complexity index is 6030. The second kappa shape index (κ2) is 48.7. The van der Waals surface area contributed by atoms with Crippen molar-refractivity contribution in [1.82, 2.24) is 9.13 Å². The number of carboxylic acid groups (broad SMARTS) is 2. The Morgan fingerprint density at radius 1 is 0.409 bits per heavy atom. The van der Waals surface area contributed by atoms with E-state index < -0.39 is 239 Å². The van der Waals surface area contributed by atoms with Gasteiger partial charge in [0.05, 0.1) is 145 Å². The van der Waals surface area contributed by atoms with Crippen LogP contribution in [0, 0.1) is 76.7 Å². The molecule has 2 heterocycles. The summed E-state index contributed by atoms with van der Waals surface area (Å²) in [6.45, 7) is 9.98. The van der Waals surface area contributed by atoms with Crippen LogP contribution >= 0.6 is 0 Å². The summed E-state index contributed by atoms with van der Waals surface area (Å²) in [4.78, 5) is 121. The number of aromatic carboxylic acids is 2. The number of carboxylic acids is 2. The van der Waals surface area contributed by atoms with Gasteiger partial charge >= 0.3 is 35.8 Å². The van der Waals surface area contributed by atoms with Crippen LogP contribution in [0.3, 0.4) is 0 Å². The minimum atomic E-state index is -1.46. The number of carbonyl (C=O) groups is 8. The van der Waals surface area contributed by atoms with Crippen LogP contribution in [0.15, 0.2) is 129 Å². The van der Waals surface area contributed by atoms with Crippen molar-refractivity contribution in [2.45, 2.75) is 104 Å². The van der Waals surface area contributed by atoms with Crippen LogP contribution in [0.1, 0.15) is 135 Å². The molecule has 3 N–H and O–H groups in total. The van der Waals surface area contributed by atoms with E-state index in [1.807, 2.05) is 0 Å². The van der Waals surface area contributed by atoms with E-state index in [1.165, 1.54) is 60.9 Å². The molecule has 710 valence electrons. The summed E-state index contributed by atoms with van der Waals surface area (Å²) in [5, 5.41) is 27.9. The van der Waals surface area contributed by atoms with E-state index >= 15 is 0 Å². The number of aromatic nitrogens is 2. The number of carbonyl (C=O) groups excluding carboxylic acids is 6. The van der Waals surface area contributed by atoms with Crippen LogP contribution < -0.4 is 44.0 Å². The lowest BCUT2D eigenvalue weighted by Gasteiger charge is -2.15. The van der Waals surface area contributed by atoms with Crippen molar-refractivity contribution in [1.29, 1.82) is 0 Å². The van der Waals surface area contributed by atoms with E-state index in [0.29, 0.717) is 5.56 Å². The van der Waals surface area contributed by atoms with E-state index in [0.717, 1.165) is 108 Å². The minimum absolute atomic E-state index is 0.00718. The highest BCUT2D eigenvalue weighted by Crippen LogP contribution is 2.45. The molecule has 28 nitrogen and oxygen atoms in total. The van der Waals surface area contributed by atoms with Crippen molar-refractivity contribution in [2.75, 3.05) is 82.8 Å². The third-order valence-corrected chi connectivity index (χ3v) is 18.4. The number of nitrogens with zero attached hydrogens (tertiary/aromatic N) is 3. The van der Waals surface area contributed by atoms with Gasteiger partial charge in [-0.3, -0.25) is 29.0 Å². The number of pyridine rings is 2. The Labute approximate surface area is 739 Å². The first kappa shape index (κ1) is 106. The smallest absolute Gasteiger partial charge is 0.345 e. The van der Waals surface area contributed by atoms with Crippen LogP contribution in [-0.2, 0) is 38.1 Å². The number of benzene rings is 7. The Balaban J connectivity index is 0.000000240. The fourth-order valence-electron chi connectivity index (χ4n) is 11.7. The van der Waals surface area contributed by atoms with Gasteiger partial charge in [-0.25, -0.2) is 89.8 Å². The zero-order valence-corrected chi connectivity index (χ0v) is 72.1. The molecule has 0 bridgehead atoms. The number of aryl methyl sites for hydroxylation is 1. The number of ketones is 2. The maximum Gasteiger partial charge on any atom is 0.345 e. The molecule has 43 heteroatoms. The maximum atomic E-state index is 14.3. The van der Waals surface area contributed by atoms with Crippen molar-refractivity contribution in [3.8, 4) is 40.2 Å². The molecule has 0 spiro atoms. The van der Waals surface area contributed by atoms with Crippen molar-refractivity contribution >= 4 is 81.2 Å². The van der Waals surface area contributed by atoms with Gasteiger partial charge in [-0.05, 0) is 126 Å². The molecule has 3 aliphatic carbocycles. The molecule has 3 saturated carbocycles. The lowest BCUT2D eigenvalue weighted by molar-refractivity contribution is -0.142. The molecule has 12 rings (SSSR count). The van der Waals surface area contributed by atoms with Crippen molar-refractivity contribution < 1.29 is 176 Å². The molecule has 0 amide bonds. The molecule has 7 aromatic carbocycles. The van der Waals surface area contributed by atoms with Gasteiger partial charge in [0, 0.05) is 37.9 Å². The van der Waals surface area contributed by atoms with Gasteiger partial charge in [0.25, 0.3) is 0 Å². The Morgan fingerprint density at radius 3 is 1.15 bits per heavy atom. The van der Waals surface area contributed by atoms with Gasteiger partial charge in [-0.2, -0.15) is 0 Å². The summed E-state index contributed by atoms with van der Waals surface area (Å²) in [5.41, 5.74) is -4.35. The van der Waals surface area contributed by atoms with Gasteiger partial charge in [0.1, 0.15) is 59.2 Å². The molecule has 3 aliphatic rings. The third-order valence-electron chi connectivity index (χ3n) is 18.4. The van der Waals surface area contributed by atoms with Crippen LogP contribution in [0.25, 0.3) is 27.6 Å². The average Bonchev–Trinajstić information content (AvgIpc) is 1.50. The van der Waals surface area contributed by atoms with Gasteiger partial charge in [-0.15, -0.1) is 0 Å². The van der Waals surface area contributed by atoms with E-state index in [1.54, 1.807) is 41.5 Å². The summed E-state index contributed by atoms with van der Waals surface area (Å²) in [6, 6.07) is 12.5. The molecule has 9 aromatic rings. The van der Waals surface area contributed by atoms with Crippen molar-refractivity contribution in [3.63, 3.8) is 0 Å². The van der Waals surface area contributed by atoms with Crippen molar-refractivity contribution in [2.24, 2.45) is 4.99 Å². The Morgan fingerprint density at radius 2 is 0.758 bits per heavy atom. The van der Waals surface area contributed by atoms with E-state index in [4.69, 9.17) is 38.6 Å². The number of aliphatic imine (C=N–C) groups is 1. The van der Waals surface area contributed by atoms with Gasteiger partial charge in [0.15, 0.2) is 116 Å². The SMILES string of the molecule is CCOC(=O)C(C=N[C@@H]1C[C@@H]1F)=C(O)c1ccc(F)c(OC)c1F.CCOC(=O)CC(=O)c1ccc(F)c(OC)c1F.CCOC(=O)c1cn([C@@H]2C[C@@H]2F)c2c(OC)c(F)ccc2c1=O.CCOC=C(C(=O)OCC)C(=O)c1ccc(F)c(OC)c1F.COc1c(F)ccc(C(=O)O)c1F.COc1c(F)ccc(C)c1F.COc1c(F)ccc2c(=O)c(C(=O)O)cn([C@@H]3C[C@@H]3F)c12. The number of Topliss-reactive ketones (excluding diaryl/α,β-unsaturated/α-hetero) is 2. The first-order chi connectivity index (χ1) is 62.6. The van der Waals surface area contributed by atoms with Gasteiger partial charge < -0.3 is 81.3 Å². The lowest BCUT2D eigenvalue weighted by atomic mass is 10.0. The lowest BCUT2D eigenvalue weighted by Crippen LogP contribution is -2.21. The Hall–Kier alpha value is -14.6. The number of aliphatic hydroxyl groups excluding tert-OH is 1. The third kappa shape index (κ3) is 25.9. The zero-order valence-electron chi connectivity index (χ0n) is 72.1. The highest BCUT2D eigenvalue weighted by Gasteiger charge is 2.43. The summed E-state index contributed by atoms with van der Waals surface area (Å²) in [5.74, 6) is -23.4. The van der Waals surface area contributed by atoms with E-state index in [2.05, 4.69) is 33.4 Å². The quantitative estimate of drug-likeness (QED) is 0.00472. The number of halogens is 15. The highest BCUT2D eigenvalue weighted by atomic mass is 19.2. The zero-order chi connectivity index (χ0) is 98.7. The number of ether oxygens (including phenoxy) is 12. The summed E-state index contributed by atoms with van der Waals surface area (Å²) in [7, 11) is 8.02. The molecule has 0 radical (unpaired) electrons. The number of esters is 4. The number of hydrogen-bond donors (Lipinski definition) is 3. The van der Waals surface area contributed by atoms with E-state index in [9.17, 15) is 119 Å². The molecule has 132 heavy (non-hydrogen) atoms. The maximum absolute atomic E-state index is 14.3. The average molecular weight is 1880 g/mol. The molecule has 0 aliphatic heterocycles. The first-order valence-corrected chi connectivity index (χ1v) is 38.9. The van der Waals surface area contributed by atoms with Crippen LogP contribution in [0.4, 0.5) is 65.9 Å². The predicted octanol–water partition coefficient (Wildman–Crippen LogP) is 16.4. The number of methoxy groups -OCH3 is 7. The summed E-state index contributed by atoms with van der Waals surface area (Å²) < 4.78 is 260. The van der Waals surface area contributed by atoms with E-state index in [-0.39, 0.29) is 96.9 Å². The minimum Gasteiger partial charge on any atom is -0.506 e. The normalized spacial score (nSPS) is 15.4. The molecule has 2 aromatic heterocycles. The molecule has 6 atom stereocenters. The second-order valence-corrected chi connectivity index (χ2v) is 27.0. The molecular formula is C89H84F15N3O25. The number of fused-ring (bicyclic) bond motifs is 2. The molecular weight excluding hydrogens is 1800 g/mol. The highest BCUT2D eigenvalue weighted by molar-refractivity contribution is 6.24. The fourth-order valence-corrected chi connectivity index (χ4v) is 11.7. The summed E-state index contributed by atoms with van der Waals surface area (Å²) in [6.07, 6.45) is 0.808. The predicted molar refractivity (Wildman–Crippen MR) is 440 cm³/mol. The number of alkyl halides is 3. The number of hydrogen-bond acceptors (Lipinski definition) is 24. The van der Waals surface area contributed by atoms with Crippen LogP contribution in [0.5, 0.6) is 40.2 Å². The monoisotopic (exact) mass is 1880 g/mol. The fraction of sp³-hybridized carbons (Fsp3) is 0.315. The van der Waals surface area contributed by atoms with Crippen molar-refractivity contribution in [3.05, 3.63) is 244 Å². The Kier molecular flexibility index (Phi) is 39.2. The number of rotatable bonds is 28. The molecule has 0 saturated heterocycles. The number of aliphatic hydroxyl groups is 1. The van der Waals surface area contributed by atoms with Gasteiger partial charge in [0.2, 0.25) is 16.6 Å². The largest absolute Gasteiger partial charge is 0.506 e. The second-order valence-electron chi connectivity index (χ2n) is 27.0. The van der Waals surface area contributed by atoms with Crippen LogP contribution in [0.2, 0.25) is 0 Å². The topological polar surface area (TPSA) is 364 Å². The molecule has 3 fully saturated rings.